The quantitative estimate of drug-likeness (QED) is 0.594. The monoisotopic (exact) mass is 482 g/mol. The average molecular weight is 483 g/mol. The van der Waals surface area contributed by atoms with E-state index in [-0.39, 0.29) is 23.6 Å². The molecule has 1 N–H and O–H groups in total. The molecule has 0 unspecified atom stereocenters. The highest BCUT2D eigenvalue weighted by Crippen LogP contribution is 2.26. The minimum atomic E-state index is -3.51. The van der Waals surface area contributed by atoms with E-state index in [0.717, 1.165) is 12.8 Å². The molecular formula is C23H28Cl2N2O3S. The standard InChI is InChI=1S/C23H28Cl2N2O3S/c1-17(7-8-18-5-3-2-4-6-18)26-23(28)19-11-13-27(14-12-19)31(29,30)16-20-9-10-21(24)15-22(20)25/h2-6,9-10,15,17,19H,7-8,11-14,16H2,1H3,(H,26,28)/t17-/m1/s1. The molecule has 1 aliphatic heterocycles. The lowest BCUT2D eigenvalue weighted by Crippen LogP contribution is -2.45. The number of aryl methyl sites for hydroxylation is 1. The maximum Gasteiger partial charge on any atom is 0.223 e. The molecule has 1 heterocycles. The molecule has 3 rings (SSSR count). The Balaban J connectivity index is 1.47. The maximum atomic E-state index is 12.8. The number of sulfonamides is 1. The Bertz CT molecular complexity index is 991. The molecule has 5 nitrogen and oxygen atoms in total. The Kier molecular flexibility index (Phi) is 8.39. The van der Waals surface area contributed by atoms with Crippen LogP contribution in [0.2, 0.25) is 10.0 Å². The minimum Gasteiger partial charge on any atom is -0.353 e. The molecular weight excluding hydrogens is 455 g/mol. The number of benzene rings is 2. The van der Waals surface area contributed by atoms with Crippen LogP contribution in [0.4, 0.5) is 0 Å². The van der Waals surface area contributed by atoms with Crippen LogP contribution in [0.25, 0.3) is 0 Å². The van der Waals surface area contributed by atoms with E-state index in [9.17, 15) is 13.2 Å². The van der Waals surface area contributed by atoms with Crippen LogP contribution >= 0.6 is 23.2 Å². The van der Waals surface area contributed by atoms with E-state index in [2.05, 4.69) is 17.4 Å². The smallest absolute Gasteiger partial charge is 0.223 e. The van der Waals surface area contributed by atoms with E-state index in [4.69, 9.17) is 23.2 Å². The molecule has 0 aromatic heterocycles. The van der Waals surface area contributed by atoms with Crippen molar-refractivity contribution in [2.24, 2.45) is 5.92 Å². The molecule has 31 heavy (non-hydrogen) atoms. The second kappa shape index (κ2) is 10.8. The number of hydrogen-bond acceptors (Lipinski definition) is 3. The molecule has 1 fully saturated rings. The van der Waals surface area contributed by atoms with Gasteiger partial charge in [0.15, 0.2) is 0 Å². The van der Waals surface area contributed by atoms with Gasteiger partial charge in [0.1, 0.15) is 0 Å². The second-order valence-corrected chi connectivity index (χ2v) is 10.9. The first-order valence-electron chi connectivity index (χ1n) is 10.5. The van der Waals surface area contributed by atoms with Crippen molar-refractivity contribution >= 4 is 39.1 Å². The molecule has 1 amide bonds. The summed E-state index contributed by atoms with van der Waals surface area (Å²) in [5.74, 6) is -0.320. The van der Waals surface area contributed by atoms with Gasteiger partial charge in [-0.3, -0.25) is 4.79 Å². The zero-order valence-electron chi connectivity index (χ0n) is 17.6. The van der Waals surface area contributed by atoms with Crippen molar-refractivity contribution in [1.29, 1.82) is 0 Å². The van der Waals surface area contributed by atoms with Crippen LogP contribution < -0.4 is 5.32 Å². The normalized spacial score (nSPS) is 16.7. The van der Waals surface area contributed by atoms with Crippen LogP contribution in [0.15, 0.2) is 48.5 Å². The molecule has 2 aromatic rings. The maximum absolute atomic E-state index is 12.8. The van der Waals surface area contributed by atoms with E-state index in [1.807, 2.05) is 25.1 Å². The van der Waals surface area contributed by atoms with E-state index in [1.165, 1.54) is 9.87 Å². The number of carbonyl (C=O) groups is 1. The first kappa shape index (κ1) is 24.1. The van der Waals surface area contributed by atoms with E-state index in [1.54, 1.807) is 18.2 Å². The third-order valence-corrected chi connectivity index (χ3v) is 8.08. The van der Waals surface area contributed by atoms with E-state index in [0.29, 0.717) is 41.5 Å². The third-order valence-electron chi connectivity index (χ3n) is 5.67. The van der Waals surface area contributed by atoms with Gasteiger partial charge < -0.3 is 5.32 Å². The van der Waals surface area contributed by atoms with E-state index >= 15 is 0 Å². The van der Waals surface area contributed by atoms with Gasteiger partial charge in [0, 0.05) is 35.1 Å². The molecule has 8 heteroatoms. The number of piperidine rings is 1. The number of carbonyl (C=O) groups excluding carboxylic acids is 1. The second-order valence-electron chi connectivity index (χ2n) is 8.10. The highest BCUT2D eigenvalue weighted by atomic mass is 35.5. The largest absolute Gasteiger partial charge is 0.353 e. The van der Waals surface area contributed by atoms with Gasteiger partial charge in [0.25, 0.3) is 0 Å². The number of nitrogens with zero attached hydrogens (tertiary/aromatic N) is 1. The Morgan fingerprint density at radius 2 is 1.81 bits per heavy atom. The first-order valence-corrected chi connectivity index (χ1v) is 12.9. The Labute approximate surface area is 194 Å². The zero-order chi connectivity index (χ0) is 22.4. The summed E-state index contributed by atoms with van der Waals surface area (Å²) in [5, 5.41) is 3.90. The van der Waals surface area contributed by atoms with Crippen molar-refractivity contribution in [3.63, 3.8) is 0 Å². The van der Waals surface area contributed by atoms with Crippen molar-refractivity contribution in [1.82, 2.24) is 9.62 Å². The molecule has 1 saturated heterocycles. The van der Waals surface area contributed by atoms with Gasteiger partial charge >= 0.3 is 0 Å². The minimum absolute atomic E-state index is 0.0124. The SMILES string of the molecule is C[C@H](CCc1ccccc1)NC(=O)C1CCN(S(=O)(=O)Cc2ccc(Cl)cc2Cl)CC1. The van der Waals surface area contributed by atoms with Gasteiger partial charge in [0.05, 0.1) is 5.75 Å². The van der Waals surface area contributed by atoms with Gasteiger partial charge in [-0.05, 0) is 55.9 Å². The molecule has 1 atom stereocenters. The molecule has 0 bridgehead atoms. The van der Waals surface area contributed by atoms with Crippen LogP contribution in [0.1, 0.15) is 37.3 Å². The number of hydrogen-bond donors (Lipinski definition) is 1. The van der Waals surface area contributed by atoms with Crippen molar-refractivity contribution in [2.75, 3.05) is 13.1 Å². The number of halogens is 2. The molecule has 0 radical (unpaired) electrons. The predicted molar refractivity (Wildman–Crippen MR) is 126 cm³/mol. The molecule has 2 aromatic carbocycles. The highest BCUT2D eigenvalue weighted by Gasteiger charge is 2.31. The number of amides is 1. The lowest BCUT2D eigenvalue weighted by molar-refractivity contribution is -0.126. The zero-order valence-corrected chi connectivity index (χ0v) is 19.9. The Hall–Kier alpha value is -1.60. The molecule has 0 saturated carbocycles. The van der Waals surface area contributed by atoms with Crippen molar-refractivity contribution in [3.05, 3.63) is 69.7 Å². The third kappa shape index (κ3) is 6.94. The predicted octanol–water partition coefficient (Wildman–Crippen LogP) is 4.67. The van der Waals surface area contributed by atoms with Gasteiger partial charge in [0.2, 0.25) is 15.9 Å². The van der Waals surface area contributed by atoms with Crippen LogP contribution in [-0.2, 0) is 27.0 Å². The highest BCUT2D eigenvalue weighted by molar-refractivity contribution is 7.88. The van der Waals surface area contributed by atoms with Crippen LogP contribution in [0, 0.1) is 5.92 Å². The van der Waals surface area contributed by atoms with Crippen LogP contribution in [-0.4, -0.2) is 37.8 Å². The van der Waals surface area contributed by atoms with Crippen molar-refractivity contribution in [3.8, 4) is 0 Å². The van der Waals surface area contributed by atoms with E-state index < -0.39 is 10.0 Å². The summed E-state index contributed by atoms with van der Waals surface area (Å²) < 4.78 is 27.1. The Morgan fingerprint density at radius 3 is 2.45 bits per heavy atom. The summed E-state index contributed by atoms with van der Waals surface area (Å²) in [6.45, 7) is 2.68. The molecule has 1 aliphatic rings. The fraction of sp³-hybridized carbons (Fsp3) is 0.435. The lowest BCUT2D eigenvalue weighted by atomic mass is 9.96. The van der Waals surface area contributed by atoms with Gasteiger partial charge in [-0.2, -0.15) is 0 Å². The summed E-state index contributed by atoms with van der Waals surface area (Å²) in [5.41, 5.74) is 1.78. The lowest BCUT2D eigenvalue weighted by Gasteiger charge is -2.31. The molecule has 0 spiro atoms. The van der Waals surface area contributed by atoms with Gasteiger partial charge in [-0.1, -0.05) is 59.6 Å². The topological polar surface area (TPSA) is 66.5 Å². The summed E-state index contributed by atoms with van der Waals surface area (Å²) in [7, 11) is -3.51. The number of nitrogens with one attached hydrogen (secondary N) is 1. The van der Waals surface area contributed by atoms with Crippen molar-refractivity contribution < 1.29 is 13.2 Å². The molecule has 168 valence electrons. The summed E-state index contributed by atoms with van der Waals surface area (Å²) >= 11 is 12.0. The van der Waals surface area contributed by atoms with Crippen molar-refractivity contribution in [2.45, 2.75) is 44.4 Å². The fourth-order valence-corrected chi connectivity index (χ4v) is 5.93. The van der Waals surface area contributed by atoms with Crippen LogP contribution in [0.3, 0.4) is 0 Å². The average Bonchev–Trinajstić information content (AvgIpc) is 2.75. The summed E-state index contributed by atoms with van der Waals surface area (Å²) in [6, 6.07) is 15.1. The fourth-order valence-electron chi connectivity index (χ4n) is 3.78. The molecule has 0 aliphatic carbocycles. The first-order chi connectivity index (χ1) is 14.7. The number of rotatable bonds is 8. The summed E-state index contributed by atoms with van der Waals surface area (Å²) in [4.78, 5) is 12.6. The van der Waals surface area contributed by atoms with Gasteiger partial charge in [-0.15, -0.1) is 0 Å². The Morgan fingerprint density at radius 1 is 1.13 bits per heavy atom. The van der Waals surface area contributed by atoms with Gasteiger partial charge in [-0.25, -0.2) is 12.7 Å². The summed E-state index contributed by atoms with van der Waals surface area (Å²) in [6.07, 6.45) is 2.81. The van der Waals surface area contributed by atoms with Crippen LogP contribution in [0.5, 0.6) is 0 Å².